The highest BCUT2D eigenvalue weighted by Crippen LogP contribution is 2.22. The van der Waals surface area contributed by atoms with Crippen LogP contribution in [0.5, 0.6) is 0 Å². The van der Waals surface area contributed by atoms with E-state index in [0.717, 1.165) is 0 Å². The van der Waals surface area contributed by atoms with Crippen LogP contribution in [0.25, 0.3) is 0 Å². The van der Waals surface area contributed by atoms with Crippen LogP contribution < -0.4 is 0 Å². The van der Waals surface area contributed by atoms with E-state index in [-0.39, 0.29) is 17.6 Å². The molecule has 102 valence electrons. The fourth-order valence-corrected chi connectivity index (χ4v) is 2.61. The lowest BCUT2D eigenvalue weighted by Gasteiger charge is -2.12. The summed E-state index contributed by atoms with van der Waals surface area (Å²) in [5, 5.41) is 0. The van der Waals surface area contributed by atoms with Gasteiger partial charge in [-0.25, -0.2) is 8.42 Å². The number of fused-ring (bicyclic) bond motifs is 1. The second-order valence-electron chi connectivity index (χ2n) is 4.42. The molecule has 6 heteroatoms. The van der Waals surface area contributed by atoms with E-state index in [1.54, 1.807) is 24.3 Å². The van der Waals surface area contributed by atoms with Gasteiger partial charge in [0.15, 0.2) is 0 Å². The van der Waals surface area contributed by atoms with Gasteiger partial charge in [-0.2, -0.15) is 0 Å². The smallest absolute Gasteiger partial charge is 0.261 e. The zero-order chi connectivity index (χ0) is 13.8. The first-order valence-electron chi connectivity index (χ1n) is 6.18. The average Bonchev–Trinajstić information content (AvgIpc) is 2.63. The number of unbranched alkanes of at least 4 members (excludes halogenated alkanes) is 2. The highest BCUT2D eigenvalue weighted by atomic mass is 32.2. The molecule has 1 aromatic rings. The summed E-state index contributed by atoms with van der Waals surface area (Å²) in [5.41, 5.74) is 0.908. The summed E-state index contributed by atoms with van der Waals surface area (Å²) in [6, 6.07) is 6.77. The van der Waals surface area contributed by atoms with E-state index in [4.69, 9.17) is 0 Å². The second kappa shape index (κ2) is 5.97. The van der Waals surface area contributed by atoms with Gasteiger partial charge < -0.3 is 0 Å². The molecule has 0 N–H and O–H groups in total. The Morgan fingerprint density at radius 2 is 1.47 bits per heavy atom. The van der Waals surface area contributed by atoms with Crippen molar-refractivity contribution in [1.82, 2.24) is 4.90 Å². The van der Waals surface area contributed by atoms with Gasteiger partial charge >= 0.3 is 0 Å². The van der Waals surface area contributed by atoms with Crippen molar-refractivity contribution in [3.8, 4) is 0 Å². The number of rotatable bonds is 6. The molecule has 1 aromatic carbocycles. The molecule has 1 aliphatic rings. The summed E-state index contributed by atoms with van der Waals surface area (Å²) < 4.78 is 20.8. The molecule has 1 heterocycles. The Bertz CT molecular complexity index is 537. The van der Waals surface area contributed by atoms with Crippen molar-refractivity contribution in [2.24, 2.45) is 0 Å². The zero-order valence-electron chi connectivity index (χ0n) is 10.4. The van der Waals surface area contributed by atoms with E-state index in [2.05, 4.69) is 0 Å². The Morgan fingerprint density at radius 1 is 0.895 bits per heavy atom. The van der Waals surface area contributed by atoms with Gasteiger partial charge in [0, 0.05) is 12.3 Å². The van der Waals surface area contributed by atoms with Crippen LogP contribution in [0, 0.1) is 0 Å². The molecule has 0 radical (unpaired) electrons. The van der Waals surface area contributed by atoms with E-state index >= 15 is 0 Å². The normalized spacial score (nSPS) is 14.3. The Hall–Kier alpha value is -1.69. The van der Waals surface area contributed by atoms with Crippen molar-refractivity contribution < 1.29 is 18.0 Å². The van der Waals surface area contributed by atoms with Crippen LogP contribution in [0.3, 0.4) is 0 Å². The highest BCUT2D eigenvalue weighted by Gasteiger charge is 2.34. The number of imide groups is 1. The monoisotopic (exact) mass is 281 g/mol. The number of nitrogens with zero attached hydrogens (tertiary/aromatic N) is 1. The summed E-state index contributed by atoms with van der Waals surface area (Å²) in [7, 11) is -2.33. The SMILES string of the molecule is O=C1c2ccccc2C(=O)N1CCCCC[SH](=O)=O. The maximum Gasteiger partial charge on any atom is 0.261 e. The topological polar surface area (TPSA) is 71.5 Å². The van der Waals surface area contributed by atoms with Gasteiger partial charge in [0.2, 0.25) is 0 Å². The van der Waals surface area contributed by atoms with Crippen molar-refractivity contribution in [1.29, 1.82) is 0 Å². The molecular formula is C13H15NO4S. The van der Waals surface area contributed by atoms with Gasteiger partial charge in [0.25, 0.3) is 11.8 Å². The average molecular weight is 281 g/mol. The van der Waals surface area contributed by atoms with Gasteiger partial charge in [-0.05, 0) is 25.0 Å². The number of hydrogen-bond donors (Lipinski definition) is 1. The fraction of sp³-hybridized carbons (Fsp3) is 0.385. The fourth-order valence-electron chi connectivity index (χ4n) is 2.13. The molecule has 0 spiro atoms. The molecule has 1 aliphatic heterocycles. The number of carbonyl (C=O) groups is 2. The van der Waals surface area contributed by atoms with Crippen LogP contribution in [-0.2, 0) is 10.7 Å². The van der Waals surface area contributed by atoms with Crippen molar-refractivity contribution in [2.75, 3.05) is 12.3 Å². The number of carbonyl (C=O) groups excluding carboxylic acids is 2. The largest absolute Gasteiger partial charge is 0.274 e. The van der Waals surface area contributed by atoms with Gasteiger partial charge in [-0.1, -0.05) is 18.6 Å². The van der Waals surface area contributed by atoms with Gasteiger partial charge in [0.05, 0.1) is 11.1 Å². The predicted octanol–water partition coefficient (Wildman–Crippen LogP) is 1.06. The lowest BCUT2D eigenvalue weighted by molar-refractivity contribution is 0.0651. The molecule has 0 saturated heterocycles. The summed E-state index contributed by atoms with van der Waals surface area (Å²) in [5.74, 6) is -0.344. The molecule has 19 heavy (non-hydrogen) atoms. The number of amides is 2. The molecule has 0 bridgehead atoms. The summed E-state index contributed by atoms with van der Waals surface area (Å²) in [6.45, 7) is 0.349. The Balaban J connectivity index is 1.90. The molecule has 5 nitrogen and oxygen atoms in total. The van der Waals surface area contributed by atoms with Gasteiger partial charge in [-0.15, -0.1) is 0 Å². The van der Waals surface area contributed by atoms with E-state index in [9.17, 15) is 18.0 Å². The van der Waals surface area contributed by atoms with Crippen LogP contribution in [0.1, 0.15) is 40.0 Å². The molecule has 0 unspecified atom stereocenters. The van der Waals surface area contributed by atoms with Crippen LogP contribution in [0.2, 0.25) is 0 Å². The first kappa shape index (κ1) is 13.7. The number of hydrogen-bond acceptors (Lipinski definition) is 4. The standard InChI is InChI=1S/C13H15NO4S/c15-12-10-6-2-3-7-11(10)13(16)14(12)8-4-1-5-9-19(17)18/h2-3,6-7,19H,1,4-5,8-9H2. The zero-order valence-corrected chi connectivity index (χ0v) is 11.3. The van der Waals surface area contributed by atoms with Gasteiger partial charge in [-0.3, -0.25) is 14.5 Å². The Kier molecular flexibility index (Phi) is 4.31. The lowest BCUT2D eigenvalue weighted by atomic mass is 10.1. The van der Waals surface area contributed by atoms with Crippen LogP contribution >= 0.6 is 0 Å². The third-order valence-corrected chi connectivity index (χ3v) is 3.78. The Labute approximate surface area is 113 Å². The molecule has 0 saturated carbocycles. The first-order chi connectivity index (χ1) is 9.11. The van der Waals surface area contributed by atoms with Crippen molar-refractivity contribution in [3.63, 3.8) is 0 Å². The summed E-state index contributed by atoms with van der Waals surface area (Å²) >= 11 is 0. The number of thiol groups is 1. The minimum atomic E-state index is -2.33. The molecule has 2 rings (SSSR count). The number of benzene rings is 1. The molecule has 0 atom stereocenters. The van der Waals surface area contributed by atoms with Gasteiger partial charge in [0.1, 0.15) is 10.7 Å². The molecule has 0 aliphatic carbocycles. The Morgan fingerprint density at radius 3 is 2.00 bits per heavy atom. The third-order valence-electron chi connectivity index (χ3n) is 3.10. The van der Waals surface area contributed by atoms with Crippen LogP contribution in [0.4, 0.5) is 0 Å². The first-order valence-corrected chi connectivity index (χ1v) is 7.54. The second-order valence-corrected chi connectivity index (χ2v) is 5.54. The molecule has 2 amide bonds. The summed E-state index contributed by atoms with van der Waals surface area (Å²) in [6.07, 6.45) is 1.90. The van der Waals surface area contributed by atoms with Crippen molar-refractivity contribution >= 4 is 22.5 Å². The highest BCUT2D eigenvalue weighted by molar-refractivity contribution is 7.72. The van der Waals surface area contributed by atoms with E-state index in [1.165, 1.54) is 4.90 Å². The quantitative estimate of drug-likeness (QED) is 0.481. The maximum atomic E-state index is 12.0. The molecular weight excluding hydrogens is 266 g/mol. The summed E-state index contributed by atoms with van der Waals surface area (Å²) in [4.78, 5) is 25.2. The lowest BCUT2D eigenvalue weighted by Crippen LogP contribution is -2.30. The minimum absolute atomic E-state index is 0.164. The molecule has 0 fully saturated rings. The minimum Gasteiger partial charge on any atom is -0.274 e. The van der Waals surface area contributed by atoms with E-state index < -0.39 is 10.7 Å². The van der Waals surface area contributed by atoms with E-state index in [1.807, 2.05) is 0 Å². The third kappa shape index (κ3) is 3.01. The van der Waals surface area contributed by atoms with Crippen LogP contribution in [0.15, 0.2) is 24.3 Å². The van der Waals surface area contributed by atoms with E-state index in [0.29, 0.717) is 36.9 Å². The predicted molar refractivity (Wildman–Crippen MR) is 70.8 cm³/mol. The van der Waals surface area contributed by atoms with Crippen molar-refractivity contribution in [2.45, 2.75) is 19.3 Å². The van der Waals surface area contributed by atoms with Crippen molar-refractivity contribution in [3.05, 3.63) is 35.4 Å². The maximum absolute atomic E-state index is 12.0. The van der Waals surface area contributed by atoms with Crippen LogP contribution in [-0.4, -0.2) is 37.4 Å². The molecule has 0 aromatic heterocycles.